The van der Waals surface area contributed by atoms with Gasteiger partial charge in [0.2, 0.25) is 0 Å². The van der Waals surface area contributed by atoms with Crippen LogP contribution in [0.2, 0.25) is 0 Å². The van der Waals surface area contributed by atoms with Gasteiger partial charge < -0.3 is 0 Å². The Kier molecular flexibility index (Phi) is 2.83. The first-order valence-corrected chi connectivity index (χ1v) is 6.80. The molecule has 1 aromatic carbocycles. The molecule has 1 nitrogen and oxygen atoms in total. The van der Waals surface area contributed by atoms with Crippen molar-refractivity contribution in [2.75, 3.05) is 0 Å². The van der Waals surface area contributed by atoms with Gasteiger partial charge in [-0.05, 0) is 11.4 Å². The van der Waals surface area contributed by atoms with Crippen molar-refractivity contribution >= 4 is 32.9 Å². The number of thiazole rings is 1. The Bertz CT molecular complexity index is 704. The molecule has 0 aliphatic carbocycles. The number of nitrogens with zero attached hydrogens (tertiary/aromatic N) is 1. The zero-order valence-electron chi connectivity index (χ0n) is 8.91. The fourth-order valence-corrected chi connectivity index (χ4v) is 3.46. The minimum absolute atomic E-state index is 0.0699. The van der Waals surface area contributed by atoms with E-state index in [-0.39, 0.29) is 10.2 Å². The van der Waals surface area contributed by atoms with E-state index in [2.05, 4.69) is 4.98 Å². The number of benzene rings is 1. The fourth-order valence-electron chi connectivity index (χ4n) is 1.67. The first-order chi connectivity index (χ1) is 8.65. The van der Waals surface area contributed by atoms with Crippen LogP contribution >= 0.6 is 22.7 Å². The summed E-state index contributed by atoms with van der Waals surface area (Å²) in [4.78, 5) is 5.03. The summed E-state index contributed by atoms with van der Waals surface area (Å²) in [6.45, 7) is 0. The van der Waals surface area contributed by atoms with Gasteiger partial charge in [0.15, 0.2) is 11.6 Å². The van der Waals surface area contributed by atoms with Gasteiger partial charge in [-0.2, -0.15) is 0 Å². The zero-order valence-corrected chi connectivity index (χ0v) is 10.5. The van der Waals surface area contributed by atoms with Crippen molar-refractivity contribution in [3.8, 4) is 0 Å². The number of hydrogen-bond acceptors (Lipinski definition) is 3. The van der Waals surface area contributed by atoms with Gasteiger partial charge >= 0.3 is 0 Å². The molecule has 0 atom stereocenters. The van der Waals surface area contributed by atoms with E-state index in [1.54, 1.807) is 11.3 Å². The van der Waals surface area contributed by atoms with Gasteiger partial charge in [-0.15, -0.1) is 22.7 Å². The maximum Gasteiger partial charge on any atom is 0.186 e. The van der Waals surface area contributed by atoms with Crippen LogP contribution in [0, 0.1) is 17.5 Å². The number of thiophene rings is 1. The molecule has 0 aliphatic heterocycles. The quantitative estimate of drug-likeness (QED) is 0.637. The van der Waals surface area contributed by atoms with Crippen molar-refractivity contribution < 1.29 is 13.2 Å². The molecule has 2 heterocycles. The molecule has 0 fully saturated rings. The summed E-state index contributed by atoms with van der Waals surface area (Å²) in [6, 6.07) is 4.38. The molecule has 2 aromatic heterocycles. The van der Waals surface area contributed by atoms with E-state index < -0.39 is 17.5 Å². The molecule has 0 aliphatic rings. The predicted octanol–water partition coefficient (Wildman–Crippen LogP) is 4.37. The highest BCUT2D eigenvalue weighted by atomic mass is 32.1. The van der Waals surface area contributed by atoms with Gasteiger partial charge in [0.25, 0.3) is 0 Å². The Hall–Kier alpha value is -1.40. The average Bonchev–Trinajstić information content (AvgIpc) is 2.96. The van der Waals surface area contributed by atoms with Gasteiger partial charge in [0, 0.05) is 17.4 Å². The maximum atomic E-state index is 13.5. The van der Waals surface area contributed by atoms with Crippen molar-refractivity contribution in [2.24, 2.45) is 0 Å². The van der Waals surface area contributed by atoms with Crippen molar-refractivity contribution in [2.45, 2.75) is 6.42 Å². The van der Waals surface area contributed by atoms with Crippen LogP contribution < -0.4 is 0 Å². The largest absolute Gasteiger partial charge is 0.237 e. The average molecular weight is 285 g/mol. The summed E-state index contributed by atoms with van der Waals surface area (Å²) in [5.41, 5.74) is -0.218. The van der Waals surface area contributed by atoms with E-state index in [1.807, 2.05) is 17.5 Å². The van der Waals surface area contributed by atoms with Gasteiger partial charge in [-0.3, -0.25) is 0 Å². The summed E-state index contributed by atoms with van der Waals surface area (Å²) >= 11 is 2.60. The topological polar surface area (TPSA) is 12.9 Å². The van der Waals surface area contributed by atoms with E-state index in [9.17, 15) is 13.2 Å². The molecule has 0 amide bonds. The molecule has 6 heteroatoms. The number of halogens is 3. The Morgan fingerprint density at radius 2 is 2.00 bits per heavy atom. The minimum atomic E-state index is -1.20. The Morgan fingerprint density at radius 1 is 1.17 bits per heavy atom. The fraction of sp³-hybridized carbons (Fsp3) is 0.0833. The second-order valence-electron chi connectivity index (χ2n) is 3.70. The van der Waals surface area contributed by atoms with Crippen LogP contribution in [0.5, 0.6) is 0 Å². The third-order valence-corrected chi connectivity index (χ3v) is 4.41. The van der Waals surface area contributed by atoms with Gasteiger partial charge in [0.1, 0.15) is 11.3 Å². The van der Waals surface area contributed by atoms with Crippen LogP contribution in [0.15, 0.2) is 23.6 Å². The molecule has 3 rings (SSSR count). The number of fused-ring (bicyclic) bond motifs is 1. The second kappa shape index (κ2) is 4.37. The third kappa shape index (κ3) is 1.91. The van der Waals surface area contributed by atoms with Crippen molar-refractivity contribution in [3.05, 3.63) is 50.9 Å². The van der Waals surface area contributed by atoms with Crippen molar-refractivity contribution in [1.29, 1.82) is 0 Å². The predicted molar refractivity (Wildman–Crippen MR) is 66.6 cm³/mol. The van der Waals surface area contributed by atoms with Crippen molar-refractivity contribution in [1.82, 2.24) is 4.98 Å². The molecule has 18 heavy (non-hydrogen) atoms. The van der Waals surface area contributed by atoms with Crippen molar-refractivity contribution in [3.63, 3.8) is 0 Å². The number of hydrogen-bond donors (Lipinski definition) is 0. The molecule has 0 unspecified atom stereocenters. The van der Waals surface area contributed by atoms with Crippen LogP contribution in [0.3, 0.4) is 0 Å². The first kappa shape index (κ1) is 11.7. The number of rotatable bonds is 2. The molecular formula is C12H6F3NS2. The van der Waals surface area contributed by atoms with E-state index >= 15 is 0 Å². The lowest BCUT2D eigenvalue weighted by Crippen LogP contribution is -1.89. The first-order valence-electron chi connectivity index (χ1n) is 5.10. The van der Waals surface area contributed by atoms with Gasteiger partial charge in [-0.25, -0.2) is 18.2 Å². The molecule has 92 valence electrons. The lowest BCUT2D eigenvalue weighted by Gasteiger charge is -1.94. The van der Waals surface area contributed by atoms with Crippen LogP contribution in [-0.4, -0.2) is 4.98 Å². The number of aromatic nitrogens is 1. The molecule has 0 spiro atoms. The molecule has 3 aromatic rings. The third-order valence-electron chi connectivity index (χ3n) is 2.46. The van der Waals surface area contributed by atoms with Gasteiger partial charge in [0.05, 0.1) is 9.71 Å². The highest BCUT2D eigenvalue weighted by molar-refractivity contribution is 7.18. The molecule has 0 N–H and O–H groups in total. The minimum Gasteiger partial charge on any atom is -0.237 e. The lowest BCUT2D eigenvalue weighted by atomic mass is 10.3. The molecule has 0 bridgehead atoms. The Morgan fingerprint density at radius 3 is 2.72 bits per heavy atom. The standard InChI is InChI=1S/C12H6F3NS2/c13-7-5-8(14)12-11(10(7)15)16-9(18-12)4-6-2-1-3-17-6/h1-3,5H,4H2. The second-order valence-corrected chi connectivity index (χ2v) is 5.81. The monoisotopic (exact) mass is 285 g/mol. The van der Waals surface area contributed by atoms with Crippen LogP contribution in [-0.2, 0) is 6.42 Å². The molecule has 0 saturated carbocycles. The normalized spacial score (nSPS) is 11.3. The van der Waals surface area contributed by atoms with Crippen LogP contribution in [0.1, 0.15) is 9.88 Å². The summed E-state index contributed by atoms with van der Waals surface area (Å²) in [6.07, 6.45) is 0.511. The summed E-state index contributed by atoms with van der Waals surface area (Å²) in [5, 5.41) is 2.50. The smallest absolute Gasteiger partial charge is 0.186 e. The molecular weight excluding hydrogens is 279 g/mol. The lowest BCUT2D eigenvalue weighted by molar-refractivity contribution is 0.504. The molecule has 0 radical (unpaired) electrons. The summed E-state index contributed by atoms with van der Waals surface area (Å²) in [5.74, 6) is -3.05. The van der Waals surface area contributed by atoms with Crippen LogP contribution in [0.25, 0.3) is 10.2 Å². The SMILES string of the molecule is Fc1cc(F)c2sc(Cc3cccs3)nc2c1F. The Labute approximate surface area is 109 Å². The Balaban J connectivity index is 2.11. The van der Waals surface area contributed by atoms with Crippen LogP contribution in [0.4, 0.5) is 13.2 Å². The molecule has 0 saturated heterocycles. The summed E-state index contributed by atoms with van der Waals surface area (Å²) < 4.78 is 40.1. The van der Waals surface area contributed by atoms with Gasteiger partial charge in [-0.1, -0.05) is 6.07 Å². The van der Waals surface area contributed by atoms with E-state index in [1.165, 1.54) is 0 Å². The highest BCUT2D eigenvalue weighted by Crippen LogP contribution is 2.30. The highest BCUT2D eigenvalue weighted by Gasteiger charge is 2.17. The zero-order chi connectivity index (χ0) is 12.7. The van der Waals surface area contributed by atoms with E-state index in [4.69, 9.17) is 0 Å². The maximum absolute atomic E-state index is 13.5. The van der Waals surface area contributed by atoms with E-state index in [0.717, 1.165) is 16.2 Å². The van der Waals surface area contributed by atoms with E-state index in [0.29, 0.717) is 17.5 Å². The summed E-state index contributed by atoms with van der Waals surface area (Å²) in [7, 11) is 0.